The number of nitrogens with one attached hydrogen (secondary N) is 2. The third-order valence-electron chi connectivity index (χ3n) is 3.60. The third kappa shape index (κ3) is 4.13. The number of hydrogen-bond acceptors (Lipinski definition) is 5. The van der Waals surface area contributed by atoms with Crippen molar-refractivity contribution < 1.29 is 14.1 Å². The molecular weight excluding hydrogens is 332 g/mol. The van der Waals surface area contributed by atoms with E-state index >= 15 is 0 Å². The van der Waals surface area contributed by atoms with Crippen LogP contribution < -0.4 is 10.6 Å². The van der Waals surface area contributed by atoms with E-state index in [0.717, 1.165) is 11.1 Å². The van der Waals surface area contributed by atoms with Crippen LogP contribution in [0.15, 0.2) is 47.1 Å². The average molecular weight is 350 g/mol. The van der Waals surface area contributed by atoms with Crippen molar-refractivity contribution in [3.05, 3.63) is 70.7 Å². The van der Waals surface area contributed by atoms with Gasteiger partial charge in [-0.15, -0.1) is 0 Å². The van der Waals surface area contributed by atoms with Crippen molar-refractivity contribution in [2.75, 3.05) is 10.6 Å². The van der Waals surface area contributed by atoms with Crippen molar-refractivity contribution in [3.63, 3.8) is 0 Å². The first kappa shape index (κ1) is 17.3. The highest BCUT2D eigenvalue weighted by molar-refractivity contribution is 6.07. The van der Waals surface area contributed by atoms with Crippen LogP contribution >= 0.6 is 0 Å². The van der Waals surface area contributed by atoms with E-state index in [9.17, 15) is 9.59 Å². The Balaban J connectivity index is 1.75. The van der Waals surface area contributed by atoms with E-state index in [2.05, 4.69) is 20.8 Å². The van der Waals surface area contributed by atoms with E-state index in [1.807, 2.05) is 32.0 Å². The molecule has 0 aliphatic carbocycles. The second-order valence-electron chi connectivity index (χ2n) is 6.04. The van der Waals surface area contributed by atoms with Gasteiger partial charge in [0.05, 0.1) is 0 Å². The van der Waals surface area contributed by atoms with Gasteiger partial charge in [0.2, 0.25) is 0 Å². The van der Waals surface area contributed by atoms with Crippen molar-refractivity contribution in [3.8, 4) is 0 Å². The lowest BCUT2D eigenvalue weighted by molar-refractivity contribution is 0.102. The number of carbonyl (C=O) groups excluding carboxylic acids is 2. The fraction of sp³-hybridized carbons (Fsp3) is 0.158. The minimum atomic E-state index is -0.473. The SMILES string of the molecule is Cc1cc(C)cc(NC(=O)c2ccnc(C(=O)Nc3cc(C)on3)c2)c1. The molecule has 3 aromatic rings. The number of rotatable bonds is 4. The molecule has 0 saturated carbocycles. The highest BCUT2D eigenvalue weighted by atomic mass is 16.5. The lowest BCUT2D eigenvalue weighted by atomic mass is 10.1. The van der Waals surface area contributed by atoms with Crippen molar-refractivity contribution in [2.45, 2.75) is 20.8 Å². The van der Waals surface area contributed by atoms with Crippen LogP contribution in [0.1, 0.15) is 37.7 Å². The maximum absolute atomic E-state index is 12.5. The summed E-state index contributed by atoms with van der Waals surface area (Å²) in [5.41, 5.74) is 3.25. The molecule has 0 fully saturated rings. The number of benzene rings is 1. The molecule has 3 rings (SSSR count). The maximum Gasteiger partial charge on any atom is 0.275 e. The van der Waals surface area contributed by atoms with Gasteiger partial charge in [-0.25, -0.2) is 0 Å². The van der Waals surface area contributed by atoms with Gasteiger partial charge in [0.15, 0.2) is 5.82 Å². The van der Waals surface area contributed by atoms with Crippen LogP contribution in [0.3, 0.4) is 0 Å². The van der Waals surface area contributed by atoms with Crippen LogP contribution in [0.5, 0.6) is 0 Å². The second-order valence-corrected chi connectivity index (χ2v) is 6.04. The Bertz CT molecular complexity index is 958. The molecular formula is C19H18N4O3. The number of amides is 2. The molecule has 0 atom stereocenters. The van der Waals surface area contributed by atoms with E-state index in [0.29, 0.717) is 22.8 Å². The monoisotopic (exact) mass is 350 g/mol. The average Bonchev–Trinajstić information content (AvgIpc) is 2.99. The predicted molar refractivity (Wildman–Crippen MR) is 97.3 cm³/mol. The molecule has 2 N–H and O–H groups in total. The molecule has 1 aromatic carbocycles. The Morgan fingerprint density at radius 1 is 0.923 bits per heavy atom. The molecule has 0 bridgehead atoms. The van der Waals surface area contributed by atoms with Crippen LogP contribution in [0.4, 0.5) is 11.5 Å². The summed E-state index contributed by atoms with van der Waals surface area (Å²) in [6, 6.07) is 10.4. The quantitative estimate of drug-likeness (QED) is 0.750. The second kappa shape index (κ2) is 7.18. The minimum absolute atomic E-state index is 0.110. The molecule has 132 valence electrons. The summed E-state index contributed by atoms with van der Waals surface area (Å²) in [4.78, 5) is 28.7. The van der Waals surface area contributed by atoms with Crippen LogP contribution in [0.2, 0.25) is 0 Å². The summed E-state index contributed by atoms with van der Waals surface area (Å²) >= 11 is 0. The van der Waals surface area contributed by atoms with Gasteiger partial charge in [0.1, 0.15) is 11.5 Å². The van der Waals surface area contributed by atoms with Crippen molar-refractivity contribution in [1.82, 2.24) is 10.1 Å². The van der Waals surface area contributed by atoms with E-state index in [1.54, 1.807) is 19.1 Å². The van der Waals surface area contributed by atoms with Crippen LogP contribution in [-0.2, 0) is 0 Å². The van der Waals surface area contributed by atoms with E-state index in [1.165, 1.54) is 12.3 Å². The molecule has 2 amide bonds. The summed E-state index contributed by atoms with van der Waals surface area (Å²) in [7, 11) is 0. The van der Waals surface area contributed by atoms with Gasteiger partial charge >= 0.3 is 0 Å². The van der Waals surface area contributed by atoms with Crippen LogP contribution in [0.25, 0.3) is 0 Å². The molecule has 0 aliphatic heterocycles. The highest BCUT2D eigenvalue weighted by Gasteiger charge is 2.14. The zero-order chi connectivity index (χ0) is 18.7. The van der Waals surface area contributed by atoms with Crippen molar-refractivity contribution in [1.29, 1.82) is 0 Å². The molecule has 2 heterocycles. The fourth-order valence-corrected chi connectivity index (χ4v) is 2.55. The predicted octanol–water partition coefficient (Wildman–Crippen LogP) is 3.50. The first-order valence-electron chi connectivity index (χ1n) is 8.01. The summed E-state index contributed by atoms with van der Waals surface area (Å²) in [5, 5.41) is 9.10. The molecule has 0 unspecified atom stereocenters. The first-order chi connectivity index (χ1) is 12.4. The number of nitrogens with zero attached hydrogens (tertiary/aromatic N) is 2. The summed E-state index contributed by atoms with van der Waals surface area (Å²) in [5.74, 6) is 0.0808. The standard InChI is InChI=1S/C19H18N4O3/c1-11-6-12(2)8-15(7-11)21-18(24)14-4-5-20-16(10-14)19(25)22-17-9-13(3)26-23-17/h4-10H,1-3H3,(H,21,24)(H,22,23,25). The zero-order valence-electron chi connectivity index (χ0n) is 14.7. The Hall–Kier alpha value is -3.48. The van der Waals surface area contributed by atoms with Crippen molar-refractivity contribution in [2.24, 2.45) is 0 Å². The highest BCUT2D eigenvalue weighted by Crippen LogP contribution is 2.15. The first-order valence-corrected chi connectivity index (χ1v) is 8.01. The van der Waals surface area contributed by atoms with E-state index in [-0.39, 0.29) is 11.6 Å². The largest absolute Gasteiger partial charge is 0.360 e. The van der Waals surface area contributed by atoms with Crippen molar-refractivity contribution >= 4 is 23.3 Å². The molecule has 26 heavy (non-hydrogen) atoms. The molecule has 0 spiro atoms. The lowest BCUT2D eigenvalue weighted by Crippen LogP contribution is -2.17. The van der Waals surface area contributed by atoms with E-state index < -0.39 is 5.91 Å². The number of hydrogen-bond donors (Lipinski definition) is 2. The van der Waals surface area contributed by atoms with Gasteiger partial charge in [-0.05, 0) is 56.2 Å². The number of aromatic nitrogens is 2. The zero-order valence-corrected chi connectivity index (χ0v) is 14.7. The van der Waals surface area contributed by atoms with E-state index in [4.69, 9.17) is 4.52 Å². The number of pyridine rings is 1. The Morgan fingerprint density at radius 3 is 2.31 bits per heavy atom. The Kier molecular flexibility index (Phi) is 4.79. The van der Waals surface area contributed by atoms with Gasteiger partial charge in [-0.1, -0.05) is 11.2 Å². The Labute approximate surface area is 150 Å². The summed E-state index contributed by atoms with van der Waals surface area (Å²) in [6.07, 6.45) is 1.42. The van der Waals surface area contributed by atoms with Gasteiger partial charge < -0.3 is 15.2 Å². The molecule has 7 nitrogen and oxygen atoms in total. The molecule has 0 radical (unpaired) electrons. The maximum atomic E-state index is 12.5. The van der Waals surface area contributed by atoms with Gasteiger partial charge in [0, 0.05) is 23.5 Å². The smallest absolute Gasteiger partial charge is 0.275 e. The molecule has 2 aromatic heterocycles. The lowest BCUT2D eigenvalue weighted by Gasteiger charge is -2.08. The summed E-state index contributed by atoms with van der Waals surface area (Å²) in [6.45, 7) is 5.64. The molecule has 0 aliphatic rings. The van der Waals surface area contributed by atoms with Gasteiger partial charge in [-0.2, -0.15) is 0 Å². The van der Waals surface area contributed by atoms with Gasteiger partial charge in [-0.3, -0.25) is 14.6 Å². The fourth-order valence-electron chi connectivity index (χ4n) is 2.55. The number of carbonyl (C=O) groups is 2. The third-order valence-corrected chi connectivity index (χ3v) is 3.60. The molecule has 7 heteroatoms. The van der Waals surface area contributed by atoms with Gasteiger partial charge in [0.25, 0.3) is 11.8 Å². The normalized spacial score (nSPS) is 10.4. The minimum Gasteiger partial charge on any atom is -0.360 e. The summed E-state index contributed by atoms with van der Waals surface area (Å²) < 4.78 is 4.90. The van der Waals surface area contributed by atoms with Crippen LogP contribution in [0, 0.1) is 20.8 Å². The number of anilines is 2. The Morgan fingerprint density at radius 2 is 1.65 bits per heavy atom. The topological polar surface area (TPSA) is 97.1 Å². The van der Waals surface area contributed by atoms with Crippen LogP contribution in [-0.4, -0.2) is 22.0 Å². The number of aryl methyl sites for hydroxylation is 3. The molecule has 0 saturated heterocycles.